The minimum Gasteiger partial charge on any atom is -0.456 e. The van der Waals surface area contributed by atoms with E-state index in [1.807, 2.05) is 57.2 Å². The number of nitrogens with one attached hydrogen (secondary N) is 1. The number of amides is 1. The van der Waals surface area contributed by atoms with E-state index >= 15 is 0 Å². The number of aryl methyl sites for hydroxylation is 1. The Morgan fingerprint density at radius 1 is 1.08 bits per heavy atom. The summed E-state index contributed by atoms with van der Waals surface area (Å²) in [5.74, 6) is -1.24. The van der Waals surface area contributed by atoms with Crippen LogP contribution in [0, 0.1) is 12.8 Å². The van der Waals surface area contributed by atoms with Crippen LogP contribution in [0.25, 0.3) is 0 Å². The van der Waals surface area contributed by atoms with Crippen molar-refractivity contribution >= 4 is 29.0 Å². The van der Waals surface area contributed by atoms with Gasteiger partial charge >= 0.3 is 5.97 Å². The lowest BCUT2D eigenvalue weighted by atomic mass is 10.0. The van der Waals surface area contributed by atoms with Gasteiger partial charge in [-0.3, -0.25) is 9.59 Å². The highest BCUT2D eigenvalue weighted by Gasteiger charge is 2.26. The van der Waals surface area contributed by atoms with Crippen LogP contribution in [-0.2, 0) is 20.7 Å². The summed E-state index contributed by atoms with van der Waals surface area (Å²) in [7, 11) is 0. The van der Waals surface area contributed by atoms with Crippen molar-refractivity contribution in [3.05, 3.63) is 57.8 Å². The van der Waals surface area contributed by atoms with Gasteiger partial charge in [0.25, 0.3) is 0 Å². The largest absolute Gasteiger partial charge is 0.456 e. The summed E-state index contributed by atoms with van der Waals surface area (Å²) < 4.78 is 5.15. The molecule has 1 atom stereocenters. The average molecular weight is 373 g/mol. The molecule has 6 heteroatoms. The highest BCUT2D eigenvalue weighted by atomic mass is 32.1. The number of Topliss-reactive ketones (excluding diaryl/α,β-unsaturated/α-hetero) is 1. The summed E-state index contributed by atoms with van der Waals surface area (Å²) in [5, 5.41) is 2.71. The molecular weight excluding hydrogens is 350 g/mol. The number of rotatable bonds is 8. The van der Waals surface area contributed by atoms with E-state index in [0.29, 0.717) is 4.88 Å². The lowest BCUT2D eigenvalue weighted by molar-refractivity contribution is -0.148. The number of carbonyl (C=O) groups is 3. The third kappa shape index (κ3) is 5.81. The number of carbonyl (C=O) groups excluding carboxylic acids is 3. The van der Waals surface area contributed by atoms with Crippen molar-refractivity contribution in [3.8, 4) is 0 Å². The standard InChI is InChI=1S/C20H23NO4S/c1-13(2)19(21-18(23)11-15-7-5-4-6-8-15)20(24)25-12-16(22)17-10-9-14(3)26-17/h4-10,13,19H,11-12H2,1-3H3,(H,21,23). The van der Waals surface area contributed by atoms with Gasteiger partial charge in [-0.25, -0.2) is 4.79 Å². The number of hydrogen-bond acceptors (Lipinski definition) is 5. The predicted molar refractivity (Wildman–Crippen MR) is 101 cm³/mol. The van der Waals surface area contributed by atoms with Gasteiger partial charge in [-0.05, 0) is 30.5 Å². The minimum atomic E-state index is -0.788. The highest BCUT2D eigenvalue weighted by Crippen LogP contribution is 2.16. The molecule has 1 heterocycles. The molecule has 0 aliphatic heterocycles. The Hall–Kier alpha value is -2.47. The Balaban J connectivity index is 1.90. The third-order valence-corrected chi connectivity index (χ3v) is 4.85. The zero-order chi connectivity index (χ0) is 19.1. The van der Waals surface area contributed by atoms with Crippen LogP contribution >= 0.6 is 11.3 Å². The molecule has 5 nitrogen and oxygen atoms in total. The van der Waals surface area contributed by atoms with Crippen molar-refractivity contribution in [3.63, 3.8) is 0 Å². The fourth-order valence-corrected chi connectivity index (χ4v) is 3.18. The van der Waals surface area contributed by atoms with Gasteiger partial charge in [0.05, 0.1) is 11.3 Å². The van der Waals surface area contributed by atoms with Crippen LogP contribution in [-0.4, -0.2) is 30.3 Å². The summed E-state index contributed by atoms with van der Waals surface area (Å²) in [6.07, 6.45) is 0.185. The summed E-state index contributed by atoms with van der Waals surface area (Å²) in [5.41, 5.74) is 0.865. The van der Waals surface area contributed by atoms with E-state index in [0.717, 1.165) is 10.4 Å². The molecule has 0 radical (unpaired) electrons. The Morgan fingerprint density at radius 2 is 1.77 bits per heavy atom. The lowest BCUT2D eigenvalue weighted by Gasteiger charge is -2.20. The molecule has 1 aromatic heterocycles. The molecule has 0 aliphatic rings. The van der Waals surface area contributed by atoms with Crippen LogP contribution in [0.1, 0.15) is 34.0 Å². The van der Waals surface area contributed by atoms with Crippen LogP contribution < -0.4 is 5.32 Å². The van der Waals surface area contributed by atoms with Crippen LogP contribution in [0.15, 0.2) is 42.5 Å². The summed E-state index contributed by atoms with van der Waals surface area (Å²) >= 11 is 1.36. The highest BCUT2D eigenvalue weighted by molar-refractivity contribution is 7.14. The van der Waals surface area contributed by atoms with Gasteiger partial charge in [-0.2, -0.15) is 0 Å². The molecule has 0 saturated carbocycles. The van der Waals surface area contributed by atoms with Gasteiger partial charge in [0.2, 0.25) is 11.7 Å². The summed E-state index contributed by atoms with van der Waals surface area (Å²) in [4.78, 5) is 38.2. The van der Waals surface area contributed by atoms with Gasteiger partial charge in [-0.15, -0.1) is 11.3 Å². The van der Waals surface area contributed by atoms with Crippen LogP contribution in [0.4, 0.5) is 0 Å². The maximum Gasteiger partial charge on any atom is 0.329 e. The van der Waals surface area contributed by atoms with Crippen LogP contribution in [0.3, 0.4) is 0 Å². The van der Waals surface area contributed by atoms with Gasteiger partial charge in [0.15, 0.2) is 6.61 Å². The van der Waals surface area contributed by atoms with Crippen molar-refractivity contribution in [2.75, 3.05) is 6.61 Å². The fourth-order valence-electron chi connectivity index (χ4n) is 2.39. The van der Waals surface area contributed by atoms with Crippen molar-refractivity contribution in [1.82, 2.24) is 5.32 Å². The topological polar surface area (TPSA) is 72.5 Å². The Labute approximate surface area is 157 Å². The molecule has 0 saturated heterocycles. The summed E-state index contributed by atoms with van der Waals surface area (Å²) in [6, 6.07) is 12.1. The van der Waals surface area contributed by atoms with E-state index in [4.69, 9.17) is 4.74 Å². The first-order chi connectivity index (χ1) is 12.4. The molecule has 0 aliphatic carbocycles. The molecule has 1 aromatic carbocycles. The molecule has 1 unspecified atom stereocenters. The molecule has 2 rings (SSSR count). The molecule has 1 N–H and O–H groups in total. The average Bonchev–Trinajstić information content (AvgIpc) is 3.04. The number of hydrogen-bond donors (Lipinski definition) is 1. The van der Waals surface area contributed by atoms with Crippen LogP contribution in [0.2, 0.25) is 0 Å². The zero-order valence-corrected chi connectivity index (χ0v) is 16.0. The molecule has 2 aromatic rings. The maximum absolute atomic E-state index is 12.3. The van der Waals surface area contributed by atoms with Crippen molar-refractivity contribution in [2.24, 2.45) is 5.92 Å². The first kappa shape index (κ1) is 19.8. The second-order valence-electron chi connectivity index (χ2n) is 6.39. The second kappa shape index (κ2) is 9.29. The Bertz CT molecular complexity index is 767. The van der Waals surface area contributed by atoms with E-state index in [2.05, 4.69) is 5.32 Å². The normalized spacial score (nSPS) is 11.8. The van der Waals surface area contributed by atoms with Gasteiger partial charge in [0, 0.05) is 4.88 Å². The smallest absolute Gasteiger partial charge is 0.329 e. The molecule has 138 valence electrons. The number of ether oxygens (including phenoxy) is 1. The van der Waals surface area contributed by atoms with Crippen molar-refractivity contribution in [2.45, 2.75) is 33.2 Å². The Kier molecular flexibility index (Phi) is 7.09. The molecule has 0 bridgehead atoms. The van der Waals surface area contributed by atoms with E-state index < -0.39 is 12.0 Å². The summed E-state index contributed by atoms with van der Waals surface area (Å²) in [6.45, 7) is 5.22. The Morgan fingerprint density at radius 3 is 2.35 bits per heavy atom. The van der Waals surface area contributed by atoms with E-state index in [1.54, 1.807) is 6.07 Å². The molecular formula is C20H23NO4S. The van der Waals surface area contributed by atoms with E-state index in [-0.39, 0.29) is 30.6 Å². The van der Waals surface area contributed by atoms with Crippen LogP contribution in [0.5, 0.6) is 0 Å². The number of benzene rings is 1. The fraction of sp³-hybridized carbons (Fsp3) is 0.350. The van der Waals surface area contributed by atoms with Gasteiger partial charge in [-0.1, -0.05) is 44.2 Å². The number of esters is 1. The van der Waals surface area contributed by atoms with Crippen molar-refractivity contribution in [1.29, 1.82) is 0 Å². The lowest BCUT2D eigenvalue weighted by Crippen LogP contribution is -2.46. The number of thiophene rings is 1. The van der Waals surface area contributed by atoms with E-state index in [9.17, 15) is 14.4 Å². The molecule has 1 amide bonds. The number of ketones is 1. The van der Waals surface area contributed by atoms with Gasteiger partial charge < -0.3 is 10.1 Å². The van der Waals surface area contributed by atoms with Crippen molar-refractivity contribution < 1.29 is 19.1 Å². The minimum absolute atomic E-state index is 0.152. The molecule has 0 spiro atoms. The second-order valence-corrected chi connectivity index (χ2v) is 7.68. The SMILES string of the molecule is Cc1ccc(C(=O)COC(=O)C(NC(=O)Cc2ccccc2)C(C)C)s1. The first-order valence-electron chi connectivity index (χ1n) is 8.46. The monoisotopic (exact) mass is 373 g/mol. The molecule has 26 heavy (non-hydrogen) atoms. The molecule has 0 fully saturated rings. The first-order valence-corrected chi connectivity index (χ1v) is 9.28. The third-order valence-electron chi connectivity index (χ3n) is 3.81. The van der Waals surface area contributed by atoms with Gasteiger partial charge in [0.1, 0.15) is 6.04 Å². The predicted octanol–water partition coefficient (Wildman–Crippen LogP) is 3.17. The van der Waals surface area contributed by atoms with E-state index in [1.165, 1.54) is 11.3 Å². The quantitative estimate of drug-likeness (QED) is 0.570. The zero-order valence-electron chi connectivity index (χ0n) is 15.2. The maximum atomic E-state index is 12.3.